The molecule has 0 spiro atoms. The van der Waals surface area contributed by atoms with Crippen LogP contribution in [0.4, 0.5) is 0 Å². The Bertz CT molecular complexity index is 785. The van der Waals surface area contributed by atoms with E-state index in [-0.39, 0.29) is 24.3 Å². The fourth-order valence-electron chi connectivity index (χ4n) is 4.69. The number of nitrogens with zero attached hydrogens (tertiary/aromatic N) is 2. The molecule has 1 aromatic carbocycles. The molecule has 1 aliphatic carbocycles. The highest BCUT2D eigenvalue weighted by Gasteiger charge is 2.37. The molecule has 1 aromatic rings. The van der Waals surface area contributed by atoms with Gasteiger partial charge in [-0.25, -0.2) is 0 Å². The van der Waals surface area contributed by atoms with Crippen molar-refractivity contribution in [3.8, 4) is 0 Å². The molecule has 5 heteroatoms. The zero-order valence-electron chi connectivity index (χ0n) is 14.9. The van der Waals surface area contributed by atoms with Crippen LogP contribution in [0.2, 0.25) is 0 Å². The van der Waals surface area contributed by atoms with Crippen molar-refractivity contribution in [1.29, 1.82) is 0 Å². The third-order valence-corrected chi connectivity index (χ3v) is 6.11. The van der Waals surface area contributed by atoms with Crippen LogP contribution in [0, 0.1) is 11.8 Å². The SMILES string of the molecule is C=CCN1C(=O)c2ccc(C(=O)N3CC[C@H]4CCCC[C@@H]4C3)cc2C1=O. The summed E-state index contributed by atoms with van der Waals surface area (Å²) in [6.45, 7) is 5.37. The second kappa shape index (κ2) is 6.71. The van der Waals surface area contributed by atoms with Gasteiger partial charge in [0.1, 0.15) is 0 Å². The Kier molecular flexibility index (Phi) is 4.39. The highest BCUT2D eigenvalue weighted by molar-refractivity contribution is 6.22. The molecule has 26 heavy (non-hydrogen) atoms. The van der Waals surface area contributed by atoms with Crippen molar-refractivity contribution in [2.45, 2.75) is 32.1 Å². The predicted molar refractivity (Wildman–Crippen MR) is 98.0 cm³/mol. The van der Waals surface area contributed by atoms with Crippen LogP contribution in [-0.4, -0.2) is 47.2 Å². The molecule has 0 aromatic heterocycles. The summed E-state index contributed by atoms with van der Waals surface area (Å²) in [7, 11) is 0. The van der Waals surface area contributed by atoms with Crippen LogP contribution < -0.4 is 0 Å². The highest BCUT2D eigenvalue weighted by atomic mass is 16.2. The number of carbonyl (C=O) groups is 3. The van der Waals surface area contributed by atoms with Crippen LogP contribution in [0.5, 0.6) is 0 Å². The smallest absolute Gasteiger partial charge is 0.261 e. The van der Waals surface area contributed by atoms with Gasteiger partial charge in [0.2, 0.25) is 0 Å². The lowest BCUT2D eigenvalue weighted by atomic mass is 9.75. The topological polar surface area (TPSA) is 57.7 Å². The number of fused-ring (bicyclic) bond motifs is 2. The van der Waals surface area contributed by atoms with Crippen molar-refractivity contribution in [3.63, 3.8) is 0 Å². The van der Waals surface area contributed by atoms with E-state index in [2.05, 4.69) is 6.58 Å². The largest absolute Gasteiger partial charge is 0.338 e. The maximum atomic E-state index is 13.0. The first-order valence-corrected chi connectivity index (χ1v) is 9.50. The monoisotopic (exact) mass is 352 g/mol. The Morgan fingerprint density at radius 1 is 1.08 bits per heavy atom. The van der Waals surface area contributed by atoms with E-state index in [1.807, 2.05) is 4.90 Å². The number of hydrogen-bond acceptors (Lipinski definition) is 3. The maximum Gasteiger partial charge on any atom is 0.261 e. The number of benzene rings is 1. The normalized spacial score (nSPS) is 25.1. The lowest BCUT2D eigenvalue weighted by molar-refractivity contribution is 0.0520. The van der Waals surface area contributed by atoms with Gasteiger partial charge in [-0.3, -0.25) is 19.3 Å². The fraction of sp³-hybridized carbons (Fsp3) is 0.476. The zero-order valence-corrected chi connectivity index (χ0v) is 14.9. The summed E-state index contributed by atoms with van der Waals surface area (Å²) in [5.41, 5.74) is 1.20. The van der Waals surface area contributed by atoms with Crippen molar-refractivity contribution in [1.82, 2.24) is 9.80 Å². The number of likely N-dealkylation sites (tertiary alicyclic amines) is 1. The summed E-state index contributed by atoms with van der Waals surface area (Å²) in [5, 5.41) is 0. The molecule has 3 amide bonds. The Morgan fingerprint density at radius 2 is 1.81 bits per heavy atom. The van der Waals surface area contributed by atoms with Crippen molar-refractivity contribution < 1.29 is 14.4 Å². The van der Waals surface area contributed by atoms with E-state index in [1.165, 1.54) is 36.7 Å². The number of amides is 3. The standard InChI is InChI=1S/C21H24N2O3/c1-2-10-23-20(25)17-8-7-15(12-18(17)21(23)26)19(24)22-11-9-14-5-3-4-6-16(14)13-22/h2,7-8,12,14,16H,1,3-6,9-11,13H2/t14-,16-/m1/s1. The van der Waals surface area contributed by atoms with Gasteiger partial charge in [0.25, 0.3) is 17.7 Å². The lowest BCUT2D eigenvalue weighted by Crippen LogP contribution is -2.44. The molecule has 0 bridgehead atoms. The van der Waals surface area contributed by atoms with Crippen LogP contribution in [-0.2, 0) is 0 Å². The second-order valence-corrected chi connectivity index (χ2v) is 7.61. The average Bonchev–Trinajstić information content (AvgIpc) is 2.92. The number of hydrogen-bond donors (Lipinski definition) is 0. The molecule has 2 fully saturated rings. The van der Waals surface area contributed by atoms with Crippen LogP contribution in [0.25, 0.3) is 0 Å². The molecule has 2 atom stereocenters. The van der Waals surface area contributed by atoms with Gasteiger partial charge in [-0.1, -0.05) is 25.3 Å². The first kappa shape index (κ1) is 17.0. The van der Waals surface area contributed by atoms with Gasteiger partial charge in [0.05, 0.1) is 11.1 Å². The van der Waals surface area contributed by atoms with Gasteiger partial charge < -0.3 is 4.90 Å². The number of carbonyl (C=O) groups excluding carboxylic acids is 3. The molecule has 0 radical (unpaired) electrons. The Hall–Kier alpha value is -2.43. The van der Waals surface area contributed by atoms with Crippen LogP contribution in [0.3, 0.4) is 0 Å². The highest BCUT2D eigenvalue weighted by Crippen LogP contribution is 2.36. The van der Waals surface area contributed by atoms with E-state index >= 15 is 0 Å². The van der Waals surface area contributed by atoms with E-state index in [9.17, 15) is 14.4 Å². The van der Waals surface area contributed by atoms with Crippen molar-refractivity contribution >= 4 is 17.7 Å². The van der Waals surface area contributed by atoms with Gasteiger partial charge in [0.15, 0.2) is 0 Å². The molecule has 136 valence electrons. The minimum Gasteiger partial charge on any atom is -0.338 e. The summed E-state index contributed by atoms with van der Waals surface area (Å²) in [4.78, 5) is 40.8. The molecule has 2 aliphatic heterocycles. The summed E-state index contributed by atoms with van der Waals surface area (Å²) in [5.74, 6) is 0.693. The Labute approximate surface area is 153 Å². The Balaban J connectivity index is 1.54. The molecule has 0 N–H and O–H groups in total. The summed E-state index contributed by atoms with van der Waals surface area (Å²) in [6.07, 6.45) is 7.69. The third kappa shape index (κ3) is 2.75. The van der Waals surface area contributed by atoms with Gasteiger partial charge in [0, 0.05) is 25.2 Å². The number of piperidine rings is 1. The number of imide groups is 1. The van der Waals surface area contributed by atoms with Crippen molar-refractivity contribution in [3.05, 3.63) is 47.5 Å². The molecule has 4 rings (SSSR count). The molecule has 3 aliphatic rings. The van der Waals surface area contributed by atoms with E-state index in [0.29, 0.717) is 22.6 Å². The minimum absolute atomic E-state index is 0.0285. The molecule has 5 nitrogen and oxygen atoms in total. The fourth-order valence-corrected chi connectivity index (χ4v) is 4.69. The first-order chi connectivity index (χ1) is 12.6. The van der Waals surface area contributed by atoms with Crippen molar-refractivity contribution in [2.24, 2.45) is 11.8 Å². The third-order valence-electron chi connectivity index (χ3n) is 6.11. The molecular formula is C21H24N2O3. The molecule has 1 saturated carbocycles. The molecule has 1 saturated heterocycles. The van der Waals surface area contributed by atoms with Crippen molar-refractivity contribution in [2.75, 3.05) is 19.6 Å². The average molecular weight is 352 g/mol. The maximum absolute atomic E-state index is 13.0. The summed E-state index contributed by atoms with van der Waals surface area (Å²) >= 11 is 0. The van der Waals surface area contributed by atoms with E-state index in [0.717, 1.165) is 25.4 Å². The quantitative estimate of drug-likeness (QED) is 0.620. The van der Waals surface area contributed by atoms with E-state index in [1.54, 1.807) is 18.2 Å². The van der Waals surface area contributed by atoms with Gasteiger partial charge in [-0.05, 0) is 42.9 Å². The van der Waals surface area contributed by atoms with Crippen LogP contribution in [0.15, 0.2) is 30.9 Å². The first-order valence-electron chi connectivity index (χ1n) is 9.50. The molecule has 2 heterocycles. The lowest BCUT2D eigenvalue weighted by Gasteiger charge is -2.41. The van der Waals surface area contributed by atoms with Crippen LogP contribution >= 0.6 is 0 Å². The second-order valence-electron chi connectivity index (χ2n) is 7.61. The van der Waals surface area contributed by atoms with E-state index < -0.39 is 0 Å². The Morgan fingerprint density at radius 3 is 2.58 bits per heavy atom. The minimum atomic E-state index is -0.342. The van der Waals surface area contributed by atoms with Gasteiger partial charge in [-0.15, -0.1) is 6.58 Å². The number of rotatable bonds is 3. The zero-order chi connectivity index (χ0) is 18.3. The van der Waals surface area contributed by atoms with Gasteiger partial charge in [-0.2, -0.15) is 0 Å². The molecular weight excluding hydrogens is 328 g/mol. The van der Waals surface area contributed by atoms with Gasteiger partial charge >= 0.3 is 0 Å². The van der Waals surface area contributed by atoms with Crippen LogP contribution in [0.1, 0.15) is 63.2 Å². The predicted octanol–water partition coefficient (Wildman–Crippen LogP) is 3.12. The molecule has 0 unspecified atom stereocenters. The summed E-state index contributed by atoms with van der Waals surface area (Å²) < 4.78 is 0. The summed E-state index contributed by atoms with van der Waals surface area (Å²) in [6, 6.07) is 4.88. The van der Waals surface area contributed by atoms with E-state index in [4.69, 9.17) is 0 Å².